The normalized spacial score (nSPS) is 13.6. The Kier molecular flexibility index (Phi) is 4.84. The molecule has 4 rings (SSSR count). The van der Waals surface area contributed by atoms with E-state index in [1.807, 2.05) is 41.1 Å². The molecule has 0 radical (unpaired) electrons. The van der Waals surface area contributed by atoms with Crippen molar-refractivity contribution in [2.75, 3.05) is 14.2 Å². The summed E-state index contributed by atoms with van der Waals surface area (Å²) in [6.07, 6.45) is 2.39. The van der Waals surface area contributed by atoms with E-state index in [9.17, 15) is 0 Å². The van der Waals surface area contributed by atoms with Crippen LogP contribution in [0.15, 0.2) is 53.7 Å². The van der Waals surface area contributed by atoms with E-state index in [4.69, 9.17) is 19.6 Å². The van der Waals surface area contributed by atoms with E-state index in [2.05, 4.69) is 12.1 Å². The molecule has 0 spiro atoms. The molecule has 1 heterocycles. The van der Waals surface area contributed by atoms with Crippen LogP contribution in [0.3, 0.4) is 0 Å². The molecule has 3 aromatic rings. The van der Waals surface area contributed by atoms with E-state index in [1.54, 1.807) is 26.0 Å². The van der Waals surface area contributed by atoms with Gasteiger partial charge in [0.25, 0.3) is 0 Å². The van der Waals surface area contributed by atoms with E-state index in [0.29, 0.717) is 5.92 Å². The summed E-state index contributed by atoms with van der Waals surface area (Å²) in [7, 11) is 3.35. The monoisotopic (exact) mass is 367 g/mol. The lowest BCUT2D eigenvalue weighted by Crippen LogP contribution is -2.01. The third-order valence-electron chi connectivity index (χ3n) is 4.40. The van der Waals surface area contributed by atoms with Crippen molar-refractivity contribution in [3.8, 4) is 17.2 Å². The Morgan fingerprint density at radius 1 is 1.08 bits per heavy atom. The van der Waals surface area contributed by atoms with Crippen LogP contribution in [0.2, 0.25) is 0 Å². The first kappa shape index (κ1) is 17.0. The minimum Gasteiger partial charge on any atom is -0.497 e. The van der Waals surface area contributed by atoms with Crippen LogP contribution in [0.4, 0.5) is 0 Å². The van der Waals surface area contributed by atoms with Crippen molar-refractivity contribution in [1.82, 2.24) is 14.8 Å². The molecular formula is C20H21N3O2S. The smallest absolute Gasteiger partial charge is 0.209 e. The molecule has 0 amide bonds. The fourth-order valence-corrected chi connectivity index (χ4v) is 3.68. The topological polar surface area (TPSA) is 49.2 Å². The minimum atomic E-state index is 0.531. The maximum Gasteiger partial charge on any atom is 0.209 e. The van der Waals surface area contributed by atoms with E-state index >= 15 is 0 Å². The van der Waals surface area contributed by atoms with Gasteiger partial charge < -0.3 is 9.47 Å². The SMILES string of the molecule is COc1ccc(OC)c(CSc2nc(C3CC3)n(-c3ccccc3)n2)c1. The van der Waals surface area contributed by atoms with Crippen molar-refractivity contribution in [1.29, 1.82) is 0 Å². The number of methoxy groups -OCH3 is 2. The van der Waals surface area contributed by atoms with Crippen molar-refractivity contribution >= 4 is 11.8 Å². The van der Waals surface area contributed by atoms with Gasteiger partial charge in [0.05, 0.1) is 19.9 Å². The molecule has 0 bridgehead atoms. The molecule has 6 heteroatoms. The molecular weight excluding hydrogens is 346 g/mol. The van der Waals surface area contributed by atoms with Crippen LogP contribution in [-0.2, 0) is 5.75 Å². The van der Waals surface area contributed by atoms with Crippen LogP contribution >= 0.6 is 11.8 Å². The average Bonchev–Trinajstić information content (AvgIpc) is 3.46. The van der Waals surface area contributed by atoms with Crippen LogP contribution < -0.4 is 9.47 Å². The van der Waals surface area contributed by atoms with Gasteiger partial charge in [0.15, 0.2) is 0 Å². The Morgan fingerprint density at radius 2 is 1.88 bits per heavy atom. The van der Waals surface area contributed by atoms with E-state index in [-0.39, 0.29) is 0 Å². The zero-order valence-electron chi connectivity index (χ0n) is 14.9. The first-order valence-corrected chi connectivity index (χ1v) is 9.63. The van der Waals surface area contributed by atoms with Crippen molar-refractivity contribution in [3.63, 3.8) is 0 Å². The zero-order chi connectivity index (χ0) is 17.9. The standard InChI is InChI=1S/C20H21N3O2S/c1-24-17-10-11-18(25-2)15(12-17)13-26-20-21-19(14-8-9-14)23(22-20)16-6-4-3-5-7-16/h3-7,10-12,14H,8-9,13H2,1-2H3. The van der Waals surface area contributed by atoms with E-state index in [1.165, 1.54) is 12.8 Å². The molecule has 0 saturated heterocycles. The van der Waals surface area contributed by atoms with Gasteiger partial charge in [-0.3, -0.25) is 0 Å². The third-order valence-corrected chi connectivity index (χ3v) is 5.29. The predicted molar refractivity (Wildman–Crippen MR) is 102 cm³/mol. The Hall–Kier alpha value is -2.47. The lowest BCUT2D eigenvalue weighted by atomic mass is 10.2. The molecule has 2 aromatic carbocycles. The number of nitrogens with zero attached hydrogens (tertiary/aromatic N) is 3. The highest BCUT2D eigenvalue weighted by molar-refractivity contribution is 7.98. The second-order valence-corrected chi connectivity index (χ2v) is 7.18. The van der Waals surface area contributed by atoms with Gasteiger partial charge in [-0.1, -0.05) is 30.0 Å². The number of hydrogen-bond acceptors (Lipinski definition) is 5. The summed E-state index contributed by atoms with van der Waals surface area (Å²) < 4.78 is 12.8. The molecule has 1 aromatic heterocycles. The highest BCUT2D eigenvalue weighted by atomic mass is 32.2. The van der Waals surface area contributed by atoms with Crippen molar-refractivity contribution in [3.05, 3.63) is 59.9 Å². The number of ether oxygens (including phenoxy) is 2. The lowest BCUT2D eigenvalue weighted by Gasteiger charge is -2.09. The van der Waals surface area contributed by atoms with Gasteiger partial charge in [0.2, 0.25) is 5.16 Å². The molecule has 0 N–H and O–H groups in total. The maximum absolute atomic E-state index is 5.46. The quantitative estimate of drug-likeness (QED) is 0.577. The number of thioether (sulfide) groups is 1. The molecule has 0 unspecified atom stereocenters. The van der Waals surface area contributed by atoms with Crippen LogP contribution in [0, 0.1) is 0 Å². The van der Waals surface area contributed by atoms with Crippen LogP contribution in [0.25, 0.3) is 5.69 Å². The highest BCUT2D eigenvalue weighted by Crippen LogP contribution is 2.40. The van der Waals surface area contributed by atoms with Gasteiger partial charge in [0, 0.05) is 17.2 Å². The fraction of sp³-hybridized carbons (Fsp3) is 0.300. The Labute approximate surface area is 157 Å². The van der Waals surface area contributed by atoms with Crippen LogP contribution in [0.1, 0.15) is 30.1 Å². The third kappa shape index (κ3) is 3.55. The summed E-state index contributed by atoms with van der Waals surface area (Å²) in [6, 6.07) is 16.0. The molecule has 1 aliphatic rings. The largest absolute Gasteiger partial charge is 0.497 e. The number of aromatic nitrogens is 3. The van der Waals surface area contributed by atoms with Crippen molar-refractivity contribution < 1.29 is 9.47 Å². The van der Waals surface area contributed by atoms with Gasteiger partial charge in [-0.15, -0.1) is 5.10 Å². The lowest BCUT2D eigenvalue weighted by molar-refractivity contribution is 0.400. The fourth-order valence-electron chi connectivity index (χ4n) is 2.87. The molecule has 1 aliphatic carbocycles. The molecule has 0 aliphatic heterocycles. The molecule has 1 fully saturated rings. The number of para-hydroxylation sites is 1. The number of benzene rings is 2. The number of rotatable bonds is 7. The van der Waals surface area contributed by atoms with E-state index in [0.717, 1.165) is 39.5 Å². The molecule has 0 atom stereocenters. The van der Waals surface area contributed by atoms with E-state index < -0.39 is 0 Å². The van der Waals surface area contributed by atoms with Gasteiger partial charge in [0.1, 0.15) is 17.3 Å². The molecule has 5 nitrogen and oxygen atoms in total. The molecule has 26 heavy (non-hydrogen) atoms. The summed E-state index contributed by atoms with van der Waals surface area (Å²) >= 11 is 1.62. The summed E-state index contributed by atoms with van der Waals surface area (Å²) in [4.78, 5) is 4.80. The first-order valence-electron chi connectivity index (χ1n) is 8.64. The van der Waals surface area contributed by atoms with Crippen molar-refractivity contribution in [2.24, 2.45) is 0 Å². The number of hydrogen-bond donors (Lipinski definition) is 0. The molecule has 1 saturated carbocycles. The summed E-state index contributed by atoms with van der Waals surface area (Å²) in [5.74, 6) is 3.99. The van der Waals surface area contributed by atoms with Crippen LogP contribution in [0.5, 0.6) is 11.5 Å². The Bertz CT molecular complexity index is 891. The summed E-state index contributed by atoms with van der Waals surface area (Å²) in [6.45, 7) is 0. The average molecular weight is 367 g/mol. The Balaban J connectivity index is 1.58. The maximum atomic E-state index is 5.46. The zero-order valence-corrected chi connectivity index (χ0v) is 15.7. The second-order valence-electron chi connectivity index (χ2n) is 6.24. The van der Waals surface area contributed by atoms with Crippen molar-refractivity contribution in [2.45, 2.75) is 29.7 Å². The summed E-state index contributed by atoms with van der Waals surface area (Å²) in [5.41, 5.74) is 2.13. The first-order chi connectivity index (χ1) is 12.8. The summed E-state index contributed by atoms with van der Waals surface area (Å²) in [5, 5.41) is 5.54. The predicted octanol–water partition coefficient (Wildman–Crippen LogP) is 4.45. The van der Waals surface area contributed by atoms with Gasteiger partial charge >= 0.3 is 0 Å². The minimum absolute atomic E-state index is 0.531. The highest BCUT2D eigenvalue weighted by Gasteiger charge is 2.30. The molecule has 134 valence electrons. The second kappa shape index (κ2) is 7.41. The van der Waals surface area contributed by atoms with Gasteiger partial charge in [-0.25, -0.2) is 9.67 Å². The van der Waals surface area contributed by atoms with Gasteiger partial charge in [-0.2, -0.15) is 0 Å². The Morgan fingerprint density at radius 3 is 2.58 bits per heavy atom. The van der Waals surface area contributed by atoms with Crippen LogP contribution in [-0.4, -0.2) is 29.0 Å². The van der Waals surface area contributed by atoms with Gasteiger partial charge in [-0.05, 0) is 43.2 Å².